The van der Waals surface area contributed by atoms with Crippen molar-refractivity contribution in [3.63, 3.8) is 0 Å². The van der Waals surface area contributed by atoms with Crippen molar-refractivity contribution in [1.82, 2.24) is 15.5 Å². The Labute approximate surface area is 135 Å². The van der Waals surface area contributed by atoms with Crippen LogP contribution in [0.3, 0.4) is 0 Å². The molecule has 0 aromatic rings. The van der Waals surface area contributed by atoms with Crippen molar-refractivity contribution in [3.8, 4) is 0 Å². The average Bonchev–Trinajstić information content (AvgIpc) is 2.43. The van der Waals surface area contributed by atoms with Gasteiger partial charge < -0.3 is 15.5 Å². The first-order valence-electron chi connectivity index (χ1n) is 8.48. The Morgan fingerprint density at radius 3 is 2.27 bits per heavy atom. The molecular weight excluding hydrogens is 278 g/mol. The van der Waals surface area contributed by atoms with E-state index >= 15 is 0 Å². The van der Waals surface area contributed by atoms with Gasteiger partial charge in [0.05, 0.1) is 6.54 Å². The lowest BCUT2D eigenvalue weighted by Crippen LogP contribution is -2.46. The smallest absolute Gasteiger partial charge is 0.236 e. The Kier molecular flexibility index (Phi) is 7.33. The molecule has 22 heavy (non-hydrogen) atoms. The monoisotopic (exact) mass is 311 g/mol. The summed E-state index contributed by atoms with van der Waals surface area (Å²) in [6.45, 7) is 13.1. The van der Waals surface area contributed by atoms with E-state index in [1.807, 2.05) is 18.7 Å². The maximum Gasteiger partial charge on any atom is 0.236 e. The van der Waals surface area contributed by atoms with Gasteiger partial charge in [0.1, 0.15) is 0 Å². The summed E-state index contributed by atoms with van der Waals surface area (Å²) in [5.41, 5.74) is 0.243. The molecule has 0 unspecified atom stereocenters. The highest BCUT2D eigenvalue weighted by Gasteiger charge is 2.27. The molecule has 0 bridgehead atoms. The van der Waals surface area contributed by atoms with Gasteiger partial charge >= 0.3 is 0 Å². The van der Waals surface area contributed by atoms with Crippen molar-refractivity contribution in [1.29, 1.82) is 0 Å². The minimum atomic E-state index is 0.0575. The lowest BCUT2D eigenvalue weighted by Gasteiger charge is -2.32. The number of hydrogen-bond acceptors (Lipinski definition) is 3. The van der Waals surface area contributed by atoms with Crippen molar-refractivity contribution < 1.29 is 9.59 Å². The van der Waals surface area contributed by atoms with Crippen LogP contribution in [0.4, 0.5) is 0 Å². The Bertz CT molecular complexity index is 367. The summed E-state index contributed by atoms with van der Waals surface area (Å²) < 4.78 is 0. The predicted molar refractivity (Wildman–Crippen MR) is 89.5 cm³/mol. The van der Waals surface area contributed by atoms with Gasteiger partial charge in [-0.25, -0.2) is 0 Å². The summed E-state index contributed by atoms with van der Waals surface area (Å²) in [7, 11) is 0. The first-order chi connectivity index (χ1) is 10.2. The molecule has 0 spiro atoms. The second-order valence-electron chi connectivity index (χ2n) is 7.79. The first kappa shape index (κ1) is 18.9. The zero-order valence-electron chi connectivity index (χ0n) is 14.9. The molecule has 5 heteroatoms. The fourth-order valence-electron chi connectivity index (χ4n) is 2.50. The van der Waals surface area contributed by atoms with Crippen LogP contribution in [0, 0.1) is 11.3 Å². The maximum absolute atomic E-state index is 12.1. The first-order valence-corrected chi connectivity index (χ1v) is 8.48. The number of hydrogen-bond donors (Lipinski definition) is 2. The summed E-state index contributed by atoms with van der Waals surface area (Å²) in [5, 5.41) is 6.19. The predicted octanol–water partition coefficient (Wildman–Crippen LogP) is 1.78. The minimum Gasteiger partial charge on any atom is -0.356 e. The Balaban J connectivity index is 2.26. The third-order valence-electron chi connectivity index (χ3n) is 4.05. The molecule has 1 rings (SSSR count). The molecule has 2 N–H and O–H groups in total. The SMILES string of the molecule is CC(C)NCC(=O)N1CCC(C(=O)NCCC(C)(C)C)CC1. The molecule has 128 valence electrons. The van der Waals surface area contributed by atoms with Gasteiger partial charge in [0.15, 0.2) is 0 Å². The van der Waals surface area contributed by atoms with Crippen LogP contribution in [0.25, 0.3) is 0 Å². The van der Waals surface area contributed by atoms with E-state index in [0.717, 1.165) is 25.8 Å². The van der Waals surface area contributed by atoms with Crippen molar-refractivity contribution in [2.45, 2.75) is 59.9 Å². The summed E-state index contributed by atoms with van der Waals surface area (Å²) in [5.74, 6) is 0.346. The normalized spacial score (nSPS) is 16.9. The van der Waals surface area contributed by atoms with E-state index in [4.69, 9.17) is 0 Å². The zero-order chi connectivity index (χ0) is 16.8. The number of nitrogens with zero attached hydrogens (tertiary/aromatic N) is 1. The summed E-state index contributed by atoms with van der Waals surface area (Å²) in [4.78, 5) is 26.0. The Hall–Kier alpha value is -1.10. The van der Waals surface area contributed by atoms with Gasteiger partial charge in [0, 0.05) is 31.6 Å². The molecule has 0 atom stereocenters. The minimum absolute atomic E-state index is 0.0575. The summed E-state index contributed by atoms with van der Waals surface area (Å²) >= 11 is 0. The fraction of sp³-hybridized carbons (Fsp3) is 0.882. The summed E-state index contributed by atoms with van der Waals surface area (Å²) in [6, 6.07) is 0.315. The molecular formula is C17H33N3O2. The van der Waals surface area contributed by atoms with E-state index in [9.17, 15) is 9.59 Å². The van der Waals surface area contributed by atoms with Gasteiger partial charge in [-0.05, 0) is 24.7 Å². The molecule has 1 aliphatic heterocycles. The Morgan fingerprint density at radius 2 is 1.77 bits per heavy atom. The van der Waals surface area contributed by atoms with E-state index in [1.165, 1.54) is 0 Å². The average molecular weight is 311 g/mol. The van der Waals surface area contributed by atoms with Gasteiger partial charge in [-0.1, -0.05) is 34.6 Å². The molecule has 1 heterocycles. The number of likely N-dealkylation sites (tertiary alicyclic amines) is 1. The number of carbonyl (C=O) groups is 2. The largest absolute Gasteiger partial charge is 0.356 e. The van der Waals surface area contributed by atoms with Crippen LogP contribution in [-0.4, -0.2) is 48.9 Å². The molecule has 1 saturated heterocycles. The molecule has 1 fully saturated rings. The number of carbonyl (C=O) groups excluding carboxylic acids is 2. The molecule has 0 saturated carbocycles. The molecule has 1 aliphatic rings. The van der Waals surface area contributed by atoms with Crippen LogP contribution < -0.4 is 10.6 Å². The van der Waals surface area contributed by atoms with Crippen molar-refractivity contribution in [2.24, 2.45) is 11.3 Å². The number of amides is 2. The lowest BCUT2D eigenvalue weighted by molar-refractivity contribution is -0.135. The van der Waals surface area contributed by atoms with Gasteiger partial charge in [0.25, 0.3) is 0 Å². The van der Waals surface area contributed by atoms with Gasteiger partial charge in [-0.2, -0.15) is 0 Å². The van der Waals surface area contributed by atoms with Crippen LogP contribution in [0.1, 0.15) is 53.9 Å². The standard InChI is InChI=1S/C17H33N3O2/c1-13(2)19-12-15(21)20-10-6-14(7-11-20)16(22)18-9-8-17(3,4)5/h13-14,19H,6-12H2,1-5H3,(H,18,22). The molecule has 2 amide bonds. The lowest BCUT2D eigenvalue weighted by atomic mass is 9.92. The molecule has 0 aromatic heterocycles. The zero-order valence-corrected chi connectivity index (χ0v) is 14.9. The second kappa shape index (κ2) is 8.51. The maximum atomic E-state index is 12.1. The van der Waals surface area contributed by atoms with E-state index in [-0.39, 0.29) is 23.1 Å². The fourth-order valence-corrected chi connectivity index (χ4v) is 2.50. The van der Waals surface area contributed by atoms with Crippen molar-refractivity contribution in [3.05, 3.63) is 0 Å². The number of piperidine rings is 1. The molecule has 0 aliphatic carbocycles. The van der Waals surface area contributed by atoms with Gasteiger partial charge in [0.2, 0.25) is 11.8 Å². The quantitative estimate of drug-likeness (QED) is 0.786. The van der Waals surface area contributed by atoms with Crippen molar-refractivity contribution >= 4 is 11.8 Å². The van der Waals surface area contributed by atoms with Crippen LogP contribution in [-0.2, 0) is 9.59 Å². The van der Waals surface area contributed by atoms with Crippen LogP contribution in [0.15, 0.2) is 0 Å². The second-order valence-corrected chi connectivity index (χ2v) is 7.79. The highest BCUT2D eigenvalue weighted by Crippen LogP contribution is 2.19. The van der Waals surface area contributed by atoms with Crippen molar-refractivity contribution in [2.75, 3.05) is 26.2 Å². The topological polar surface area (TPSA) is 61.4 Å². The number of nitrogens with one attached hydrogen (secondary N) is 2. The molecule has 5 nitrogen and oxygen atoms in total. The molecule has 0 radical (unpaired) electrons. The van der Waals surface area contributed by atoms with Crippen LogP contribution >= 0.6 is 0 Å². The van der Waals surface area contributed by atoms with Gasteiger partial charge in [-0.3, -0.25) is 9.59 Å². The molecule has 0 aromatic carbocycles. The van der Waals surface area contributed by atoms with E-state index in [2.05, 4.69) is 31.4 Å². The van der Waals surface area contributed by atoms with Crippen LogP contribution in [0.2, 0.25) is 0 Å². The summed E-state index contributed by atoms with van der Waals surface area (Å²) in [6.07, 6.45) is 2.53. The Morgan fingerprint density at radius 1 is 1.18 bits per heavy atom. The highest BCUT2D eigenvalue weighted by atomic mass is 16.2. The number of rotatable bonds is 6. The third-order valence-corrected chi connectivity index (χ3v) is 4.05. The van der Waals surface area contributed by atoms with Gasteiger partial charge in [-0.15, -0.1) is 0 Å². The van der Waals surface area contributed by atoms with E-state index in [0.29, 0.717) is 25.7 Å². The van der Waals surface area contributed by atoms with E-state index < -0.39 is 0 Å². The van der Waals surface area contributed by atoms with E-state index in [1.54, 1.807) is 0 Å². The van der Waals surface area contributed by atoms with Crippen LogP contribution in [0.5, 0.6) is 0 Å². The third kappa shape index (κ3) is 7.25. The highest BCUT2D eigenvalue weighted by molar-refractivity contribution is 5.80.